The number of carbonyl (C=O) groups excluding carboxylic acids is 2. The number of hydrogen-bond acceptors (Lipinski definition) is 5. The lowest BCUT2D eigenvalue weighted by molar-refractivity contribution is -0.134. The van der Waals surface area contributed by atoms with E-state index in [4.69, 9.17) is 11.5 Å². The molecule has 5 N–H and O–H groups in total. The SMILES string of the molecule is CN1C[C@@H](S)C[C@H]1C(=O)N1CC[C@H](NC(=O)CN=C(N)N)C1. The Bertz CT molecular complexity index is 467. The molecule has 2 saturated heterocycles. The van der Waals surface area contributed by atoms with Crippen LogP contribution >= 0.6 is 12.6 Å². The van der Waals surface area contributed by atoms with Gasteiger partial charge in [-0.25, -0.2) is 4.99 Å². The predicted octanol–water partition coefficient (Wildman–Crippen LogP) is -2.02. The fraction of sp³-hybridized carbons (Fsp3) is 0.769. The van der Waals surface area contributed by atoms with E-state index in [0.29, 0.717) is 13.1 Å². The molecule has 2 aliphatic heterocycles. The van der Waals surface area contributed by atoms with Gasteiger partial charge in [0.1, 0.15) is 6.54 Å². The molecule has 0 aromatic heterocycles. The average molecular weight is 328 g/mol. The number of carbonyl (C=O) groups is 2. The van der Waals surface area contributed by atoms with E-state index >= 15 is 0 Å². The van der Waals surface area contributed by atoms with Crippen LogP contribution in [0.5, 0.6) is 0 Å². The van der Waals surface area contributed by atoms with E-state index in [1.54, 1.807) is 0 Å². The molecule has 2 heterocycles. The van der Waals surface area contributed by atoms with E-state index in [0.717, 1.165) is 19.4 Å². The van der Waals surface area contributed by atoms with Crippen molar-refractivity contribution in [2.45, 2.75) is 30.2 Å². The molecule has 0 aromatic carbocycles. The Morgan fingerprint density at radius 2 is 2.09 bits per heavy atom. The predicted molar refractivity (Wildman–Crippen MR) is 87.6 cm³/mol. The number of likely N-dealkylation sites (tertiary alicyclic amines) is 2. The Hall–Kier alpha value is -1.48. The van der Waals surface area contributed by atoms with Crippen LogP contribution in [-0.2, 0) is 9.59 Å². The third-order valence-electron chi connectivity index (χ3n) is 4.08. The lowest BCUT2D eigenvalue weighted by Crippen LogP contribution is -2.45. The number of rotatable bonds is 4. The van der Waals surface area contributed by atoms with Crippen molar-refractivity contribution in [2.75, 3.05) is 33.2 Å². The summed E-state index contributed by atoms with van der Waals surface area (Å²) in [4.78, 5) is 31.7. The molecule has 0 radical (unpaired) electrons. The molecule has 0 unspecified atom stereocenters. The van der Waals surface area contributed by atoms with Gasteiger partial charge in [-0.15, -0.1) is 0 Å². The highest BCUT2D eigenvalue weighted by Crippen LogP contribution is 2.23. The first-order valence-electron chi connectivity index (χ1n) is 7.38. The third-order valence-corrected chi connectivity index (χ3v) is 4.46. The lowest BCUT2D eigenvalue weighted by Gasteiger charge is -2.25. The first kappa shape index (κ1) is 16.9. The van der Waals surface area contributed by atoms with Crippen LogP contribution in [0.15, 0.2) is 4.99 Å². The second kappa shape index (κ2) is 7.19. The van der Waals surface area contributed by atoms with Crippen LogP contribution in [0.25, 0.3) is 0 Å². The highest BCUT2D eigenvalue weighted by molar-refractivity contribution is 7.81. The molecule has 22 heavy (non-hydrogen) atoms. The molecule has 3 atom stereocenters. The van der Waals surface area contributed by atoms with Crippen molar-refractivity contribution in [3.8, 4) is 0 Å². The van der Waals surface area contributed by atoms with Gasteiger partial charge in [0.15, 0.2) is 5.96 Å². The van der Waals surface area contributed by atoms with Gasteiger partial charge in [0.2, 0.25) is 11.8 Å². The van der Waals surface area contributed by atoms with Crippen molar-refractivity contribution in [2.24, 2.45) is 16.5 Å². The zero-order chi connectivity index (χ0) is 16.3. The molecule has 0 aromatic rings. The Labute approximate surface area is 135 Å². The van der Waals surface area contributed by atoms with Gasteiger partial charge in [-0.1, -0.05) is 0 Å². The van der Waals surface area contributed by atoms with Crippen LogP contribution in [0.1, 0.15) is 12.8 Å². The van der Waals surface area contributed by atoms with Gasteiger partial charge < -0.3 is 21.7 Å². The van der Waals surface area contributed by atoms with Gasteiger partial charge in [-0.3, -0.25) is 14.5 Å². The van der Waals surface area contributed by atoms with E-state index in [1.807, 2.05) is 16.8 Å². The molecule has 2 amide bonds. The minimum atomic E-state index is -0.235. The number of likely N-dealkylation sites (N-methyl/N-ethyl adjacent to an activating group) is 1. The van der Waals surface area contributed by atoms with Crippen molar-refractivity contribution in [1.82, 2.24) is 15.1 Å². The third kappa shape index (κ3) is 4.26. The number of nitrogens with two attached hydrogens (primary N) is 2. The van der Waals surface area contributed by atoms with E-state index < -0.39 is 0 Å². The number of hydrogen-bond donors (Lipinski definition) is 4. The summed E-state index contributed by atoms with van der Waals surface area (Å²) in [6, 6.07) is -0.136. The maximum atomic E-state index is 12.5. The van der Waals surface area contributed by atoms with E-state index in [9.17, 15) is 9.59 Å². The molecule has 2 rings (SSSR count). The monoisotopic (exact) mass is 328 g/mol. The number of amides is 2. The molecule has 2 aliphatic rings. The first-order valence-corrected chi connectivity index (χ1v) is 7.90. The average Bonchev–Trinajstić information content (AvgIpc) is 3.02. The van der Waals surface area contributed by atoms with Gasteiger partial charge in [0.25, 0.3) is 0 Å². The van der Waals surface area contributed by atoms with Crippen LogP contribution in [0.3, 0.4) is 0 Å². The fourth-order valence-electron chi connectivity index (χ4n) is 2.99. The van der Waals surface area contributed by atoms with Gasteiger partial charge in [0, 0.05) is 30.9 Å². The van der Waals surface area contributed by atoms with E-state index in [-0.39, 0.29) is 41.7 Å². The second-order valence-corrected chi connectivity index (χ2v) is 6.65. The maximum absolute atomic E-state index is 12.5. The summed E-state index contributed by atoms with van der Waals surface area (Å²) in [5, 5.41) is 3.10. The molecule has 2 fully saturated rings. The topological polar surface area (TPSA) is 117 Å². The fourth-order valence-corrected chi connectivity index (χ4v) is 3.44. The molecule has 0 saturated carbocycles. The van der Waals surface area contributed by atoms with Crippen molar-refractivity contribution in [3.63, 3.8) is 0 Å². The van der Waals surface area contributed by atoms with Gasteiger partial charge in [0.05, 0.1) is 6.04 Å². The zero-order valence-electron chi connectivity index (χ0n) is 12.7. The minimum absolute atomic E-state index is 0.0378. The Balaban J connectivity index is 1.81. The normalized spacial score (nSPS) is 28.6. The summed E-state index contributed by atoms with van der Waals surface area (Å²) in [5.74, 6) is -0.218. The smallest absolute Gasteiger partial charge is 0.242 e. The molecule has 124 valence electrons. The van der Waals surface area contributed by atoms with Crippen LogP contribution < -0.4 is 16.8 Å². The Morgan fingerprint density at radius 3 is 2.68 bits per heavy atom. The largest absolute Gasteiger partial charge is 0.370 e. The molecule has 8 nitrogen and oxygen atoms in total. The summed E-state index contributed by atoms with van der Waals surface area (Å²) in [6.07, 6.45) is 1.52. The van der Waals surface area contributed by atoms with Crippen LogP contribution in [0, 0.1) is 0 Å². The van der Waals surface area contributed by atoms with Crippen molar-refractivity contribution in [1.29, 1.82) is 0 Å². The molecule has 0 spiro atoms. The van der Waals surface area contributed by atoms with Crippen LogP contribution in [0.4, 0.5) is 0 Å². The first-order chi connectivity index (χ1) is 10.4. The summed E-state index contributed by atoms with van der Waals surface area (Å²) >= 11 is 4.45. The van der Waals surface area contributed by atoms with Crippen molar-refractivity contribution < 1.29 is 9.59 Å². The summed E-state index contributed by atoms with van der Waals surface area (Å²) in [7, 11) is 1.95. The molecule has 9 heteroatoms. The van der Waals surface area contributed by atoms with E-state index in [2.05, 4.69) is 22.9 Å². The number of nitrogens with zero attached hydrogens (tertiary/aromatic N) is 3. The van der Waals surface area contributed by atoms with Crippen molar-refractivity contribution >= 4 is 30.4 Å². The number of guanidine groups is 1. The van der Waals surface area contributed by atoms with E-state index in [1.165, 1.54) is 0 Å². The minimum Gasteiger partial charge on any atom is -0.370 e. The van der Waals surface area contributed by atoms with Gasteiger partial charge in [-0.2, -0.15) is 12.6 Å². The number of aliphatic imine (C=N–C) groups is 1. The van der Waals surface area contributed by atoms with Gasteiger partial charge in [-0.05, 0) is 19.9 Å². The maximum Gasteiger partial charge on any atom is 0.242 e. The molecular weight excluding hydrogens is 304 g/mol. The second-order valence-electron chi connectivity index (χ2n) is 5.92. The van der Waals surface area contributed by atoms with Crippen LogP contribution in [0.2, 0.25) is 0 Å². The highest BCUT2D eigenvalue weighted by Gasteiger charge is 2.37. The van der Waals surface area contributed by atoms with Crippen LogP contribution in [-0.4, -0.2) is 78.1 Å². The molecular formula is C13H24N6O2S. The summed E-state index contributed by atoms with van der Waals surface area (Å²) in [6.45, 7) is 1.94. The Kier molecular flexibility index (Phi) is 5.52. The van der Waals surface area contributed by atoms with Gasteiger partial charge >= 0.3 is 0 Å². The number of nitrogens with one attached hydrogen (secondary N) is 1. The standard InChI is InChI=1S/C13H24N6O2S/c1-18-7-9(22)4-10(18)12(21)19-3-2-8(6-19)17-11(20)5-16-13(14)15/h8-10,22H,2-7H2,1H3,(H,17,20)(H4,14,15,16)/t8-,9-,10-/m0/s1. The summed E-state index contributed by atoms with van der Waals surface area (Å²) in [5.41, 5.74) is 10.4. The lowest BCUT2D eigenvalue weighted by atomic mass is 10.2. The number of thiol groups is 1. The summed E-state index contributed by atoms with van der Waals surface area (Å²) < 4.78 is 0. The quantitative estimate of drug-likeness (QED) is 0.270. The van der Waals surface area contributed by atoms with Crippen molar-refractivity contribution in [3.05, 3.63) is 0 Å². The Morgan fingerprint density at radius 1 is 1.36 bits per heavy atom. The molecule has 0 bridgehead atoms. The molecule has 0 aliphatic carbocycles. The highest BCUT2D eigenvalue weighted by atomic mass is 32.1. The zero-order valence-corrected chi connectivity index (χ0v) is 13.6.